The minimum atomic E-state index is -3.79. The van der Waals surface area contributed by atoms with E-state index in [1.54, 1.807) is 60.7 Å². The van der Waals surface area contributed by atoms with Gasteiger partial charge in [0.15, 0.2) is 9.84 Å². The Balaban J connectivity index is 2.10. The summed E-state index contributed by atoms with van der Waals surface area (Å²) in [7, 11) is -3.79. The lowest BCUT2D eigenvalue weighted by Crippen LogP contribution is -2.35. The molecule has 0 aromatic heterocycles. The number of aliphatic hydroxyl groups is 1. The van der Waals surface area contributed by atoms with E-state index in [1.165, 1.54) is 12.1 Å². The van der Waals surface area contributed by atoms with Gasteiger partial charge >= 0.3 is 0 Å². The summed E-state index contributed by atoms with van der Waals surface area (Å²) in [5.74, 6) is -0.523. The van der Waals surface area contributed by atoms with Crippen LogP contribution >= 0.6 is 39.1 Å². The molecule has 3 aromatic carbocycles. The largest absolute Gasteiger partial charge is 0.379 e. The summed E-state index contributed by atoms with van der Waals surface area (Å²) in [6.45, 7) is 0. The fraction of sp³-hybridized carbons (Fsp3) is 0.100. The normalized spacial score (nSPS) is 12.1. The number of benzene rings is 3. The summed E-state index contributed by atoms with van der Waals surface area (Å²) >= 11 is 15.2. The van der Waals surface area contributed by atoms with Crippen molar-refractivity contribution in [3.05, 3.63) is 98.4 Å². The van der Waals surface area contributed by atoms with Crippen molar-refractivity contribution in [1.82, 2.24) is 0 Å². The molecule has 0 fully saturated rings. The molecule has 140 valence electrons. The molecule has 0 spiro atoms. The number of rotatable bonds is 5. The highest BCUT2D eigenvalue weighted by Gasteiger charge is 2.37. The molecule has 3 rings (SSSR count). The minimum Gasteiger partial charge on any atom is -0.379 e. The van der Waals surface area contributed by atoms with Gasteiger partial charge in [-0.25, -0.2) is 8.42 Å². The van der Waals surface area contributed by atoms with E-state index in [2.05, 4.69) is 15.9 Å². The van der Waals surface area contributed by atoms with E-state index >= 15 is 0 Å². The summed E-state index contributed by atoms with van der Waals surface area (Å²) in [4.78, 5) is 0.132. The molecule has 0 saturated carbocycles. The number of halogens is 3. The number of hydrogen-bond donors (Lipinski definition) is 1. The van der Waals surface area contributed by atoms with Gasteiger partial charge in [-0.2, -0.15) is 0 Å². The first kappa shape index (κ1) is 20.4. The molecule has 0 saturated heterocycles. The van der Waals surface area contributed by atoms with Crippen LogP contribution in [0, 0.1) is 0 Å². The summed E-state index contributed by atoms with van der Waals surface area (Å²) in [5.41, 5.74) is -0.911. The van der Waals surface area contributed by atoms with E-state index in [-0.39, 0.29) is 4.90 Å². The van der Waals surface area contributed by atoms with Crippen molar-refractivity contribution in [2.75, 3.05) is 5.75 Å². The van der Waals surface area contributed by atoms with Crippen molar-refractivity contribution in [2.24, 2.45) is 0 Å². The van der Waals surface area contributed by atoms with Crippen LogP contribution in [0.25, 0.3) is 0 Å². The fourth-order valence-corrected chi connectivity index (χ4v) is 4.90. The van der Waals surface area contributed by atoms with Crippen molar-refractivity contribution in [1.29, 1.82) is 0 Å². The van der Waals surface area contributed by atoms with Gasteiger partial charge in [0.25, 0.3) is 0 Å². The molecule has 3 nitrogen and oxygen atoms in total. The first-order valence-corrected chi connectivity index (χ1v) is 11.1. The third-order valence-electron chi connectivity index (χ3n) is 4.22. The van der Waals surface area contributed by atoms with Crippen LogP contribution in [0.5, 0.6) is 0 Å². The van der Waals surface area contributed by atoms with Gasteiger partial charge in [0, 0.05) is 14.5 Å². The lowest BCUT2D eigenvalue weighted by molar-refractivity contribution is 0.105. The van der Waals surface area contributed by atoms with Crippen LogP contribution in [0.1, 0.15) is 11.1 Å². The Morgan fingerprint density at radius 1 is 0.778 bits per heavy atom. The molecule has 1 N–H and O–H groups in total. The highest BCUT2D eigenvalue weighted by molar-refractivity contribution is 9.10. The Morgan fingerprint density at radius 3 is 1.59 bits per heavy atom. The Labute approximate surface area is 176 Å². The van der Waals surface area contributed by atoms with E-state index in [0.29, 0.717) is 21.2 Å². The molecule has 0 heterocycles. The number of sulfone groups is 1. The van der Waals surface area contributed by atoms with Crippen molar-refractivity contribution in [3.63, 3.8) is 0 Å². The van der Waals surface area contributed by atoms with Crippen LogP contribution in [0.2, 0.25) is 10.0 Å². The minimum absolute atomic E-state index is 0.132. The predicted molar refractivity (Wildman–Crippen MR) is 112 cm³/mol. The molecule has 0 unspecified atom stereocenters. The van der Waals surface area contributed by atoms with Crippen LogP contribution in [-0.4, -0.2) is 19.3 Å². The van der Waals surface area contributed by atoms with E-state index < -0.39 is 21.2 Å². The zero-order valence-electron chi connectivity index (χ0n) is 13.9. The fourth-order valence-electron chi connectivity index (χ4n) is 2.78. The van der Waals surface area contributed by atoms with Crippen molar-refractivity contribution < 1.29 is 13.5 Å². The molecule has 7 heteroatoms. The molecule has 0 aliphatic carbocycles. The summed E-state index contributed by atoms with van der Waals surface area (Å²) in [6.07, 6.45) is 0. The zero-order chi connectivity index (χ0) is 19.7. The molecule has 0 atom stereocenters. The molecule has 0 radical (unpaired) electrons. The molecular weight excluding hydrogens is 471 g/mol. The standard InChI is InChI=1S/C20H15BrCl2O3S/c21-16-5-11-19(12-6-16)27(25,26)13-20(24,14-1-7-17(22)8-2-14)15-3-9-18(23)10-4-15/h1-12,24H,13H2. The van der Waals surface area contributed by atoms with Crippen LogP contribution in [-0.2, 0) is 15.4 Å². The molecule has 0 amide bonds. The highest BCUT2D eigenvalue weighted by atomic mass is 79.9. The molecular formula is C20H15BrCl2O3S. The van der Waals surface area contributed by atoms with Crippen molar-refractivity contribution in [3.8, 4) is 0 Å². The Kier molecular flexibility index (Phi) is 5.99. The van der Waals surface area contributed by atoms with Gasteiger partial charge in [-0.15, -0.1) is 0 Å². The Bertz CT molecular complexity index is 987. The maximum atomic E-state index is 13.0. The Morgan fingerprint density at radius 2 is 1.19 bits per heavy atom. The van der Waals surface area contributed by atoms with Gasteiger partial charge in [-0.1, -0.05) is 63.4 Å². The van der Waals surface area contributed by atoms with E-state index in [1.807, 2.05) is 0 Å². The lowest BCUT2D eigenvalue weighted by Gasteiger charge is -2.29. The molecule has 3 aromatic rings. The van der Waals surface area contributed by atoms with E-state index in [4.69, 9.17) is 23.2 Å². The third-order valence-corrected chi connectivity index (χ3v) is 7.04. The smallest absolute Gasteiger partial charge is 0.181 e. The van der Waals surface area contributed by atoms with Gasteiger partial charge in [0.05, 0.1) is 10.6 Å². The first-order chi connectivity index (χ1) is 12.7. The maximum Gasteiger partial charge on any atom is 0.181 e. The topological polar surface area (TPSA) is 54.4 Å². The molecule has 27 heavy (non-hydrogen) atoms. The summed E-state index contributed by atoms with van der Waals surface area (Å²) in [5, 5.41) is 12.5. The van der Waals surface area contributed by atoms with Gasteiger partial charge in [0.2, 0.25) is 0 Å². The second-order valence-corrected chi connectivity index (χ2v) is 9.87. The quantitative estimate of drug-likeness (QED) is 0.521. The van der Waals surface area contributed by atoms with Gasteiger partial charge in [-0.3, -0.25) is 0 Å². The van der Waals surface area contributed by atoms with Gasteiger partial charge in [-0.05, 0) is 59.7 Å². The summed E-state index contributed by atoms with van der Waals surface area (Å²) in [6, 6.07) is 19.2. The Hall–Kier alpha value is -1.37. The number of hydrogen-bond acceptors (Lipinski definition) is 3. The van der Waals surface area contributed by atoms with Crippen molar-refractivity contribution in [2.45, 2.75) is 10.5 Å². The molecule has 0 aliphatic heterocycles. The third kappa shape index (κ3) is 4.55. The van der Waals surface area contributed by atoms with Crippen LogP contribution < -0.4 is 0 Å². The average molecular weight is 486 g/mol. The first-order valence-electron chi connectivity index (χ1n) is 7.93. The molecule has 0 bridgehead atoms. The maximum absolute atomic E-state index is 13.0. The second-order valence-electron chi connectivity index (χ2n) is 6.09. The van der Waals surface area contributed by atoms with E-state index in [0.717, 1.165) is 4.47 Å². The average Bonchev–Trinajstić information content (AvgIpc) is 2.62. The van der Waals surface area contributed by atoms with E-state index in [9.17, 15) is 13.5 Å². The monoisotopic (exact) mass is 484 g/mol. The predicted octanol–water partition coefficient (Wildman–Crippen LogP) is 5.47. The van der Waals surface area contributed by atoms with Gasteiger partial charge < -0.3 is 5.11 Å². The zero-order valence-corrected chi connectivity index (χ0v) is 17.9. The van der Waals surface area contributed by atoms with Crippen LogP contribution in [0.4, 0.5) is 0 Å². The summed E-state index contributed by atoms with van der Waals surface area (Å²) < 4.78 is 26.8. The van der Waals surface area contributed by atoms with Crippen LogP contribution in [0.15, 0.2) is 82.2 Å². The second kappa shape index (κ2) is 7.94. The van der Waals surface area contributed by atoms with Crippen molar-refractivity contribution >= 4 is 49.0 Å². The molecule has 0 aliphatic rings. The SMILES string of the molecule is O=S(=O)(CC(O)(c1ccc(Cl)cc1)c1ccc(Cl)cc1)c1ccc(Br)cc1. The van der Waals surface area contributed by atoms with Gasteiger partial charge in [0.1, 0.15) is 5.60 Å². The highest BCUT2D eigenvalue weighted by Crippen LogP contribution is 2.34. The van der Waals surface area contributed by atoms with Crippen LogP contribution in [0.3, 0.4) is 0 Å². The lowest BCUT2D eigenvalue weighted by atomic mass is 9.88.